The van der Waals surface area contributed by atoms with E-state index in [-0.39, 0.29) is 0 Å². The average Bonchev–Trinajstić information content (AvgIpc) is 1.95. The fourth-order valence-electron chi connectivity index (χ4n) is 1.03. The summed E-state index contributed by atoms with van der Waals surface area (Å²) in [6, 6.07) is 4.30. The molecular weight excluding hydrogens is 201 g/mol. The zero-order valence-electron chi connectivity index (χ0n) is 6.71. The number of hydrogen-bond donors (Lipinski definition) is 0. The molecule has 9 heavy (non-hydrogen) atoms. The summed E-state index contributed by atoms with van der Waals surface area (Å²) >= 11 is -0.561. The third kappa shape index (κ3) is 2.69. The van der Waals surface area contributed by atoms with E-state index in [0.29, 0.717) is 0 Å². The van der Waals surface area contributed by atoms with E-state index in [4.69, 9.17) is 9.69 Å². The molecule has 0 aliphatic carbocycles. The van der Waals surface area contributed by atoms with Crippen LogP contribution in [0.1, 0.15) is 20.8 Å². The summed E-state index contributed by atoms with van der Waals surface area (Å²) in [5, 5.41) is 0. The first kappa shape index (κ1) is 10.1. The molecule has 0 bridgehead atoms. The van der Waals surface area contributed by atoms with Gasteiger partial charge in [-0.1, -0.05) is 0 Å². The summed E-state index contributed by atoms with van der Waals surface area (Å²) in [6.07, 6.45) is -0.738. The third-order valence-electron chi connectivity index (χ3n) is 2.53. The molecule has 0 unspecified atom stereocenters. The van der Waals surface area contributed by atoms with Crippen molar-refractivity contribution in [1.29, 1.82) is 0 Å². The summed E-state index contributed by atoms with van der Waals surface area (Å²) in [5.74, 6) is 0. The molecule has 0 fully saturated rings. The zero-order chi connectivity index (χ0) is 7.33. The Kier molecular flexibility index (Phi) is 5.48. The van der Waals surface area contributed by atoms with Crippen molar-refractivity contribution >= 4 is 16.0 Å². The van der Waals surface area contributed by atoms with Crippen LogP contribution in [0.3, 0.4) is 0 Å². The first-order valence-corrected chi connectivity index (χ1v) is 15.0. The van der Waals surface area contributed by atoms with Gasteiger partial charge >= 0.3 is 70.3 Å². The second-order valence-electron chi connectivity index (χ2n) is 2.69. The van der Waals surface area contributed by atoms with Crippen LogP contribution in [0.15, 0.2) is 0 Å². The predicted molar refractivity (Wildman–Crippen MR) is 43.1 cm³/mol. The molecule has 0 radical (unpaired) electrons. The standard InChI is InChI=1S/C6H15Si.ClH.Zn/c1-4-7(5-2)6-3;;/h4-6H2,1-3H3;1H;/q;;+1/p-1. The van der Waals surface area contributed by atoms with Gasteiger partial charge in [0.2, 0.25) is 0 Å². The Morgan fingerprint density at radius 3 is 1.44 bits per heavy atom. The fourth-order valence-corrected chi connectivity index (χ4v) is 15.5. The zero-order valence-corrected chi connectivity index (χ0v) is 11.4. The predicted octanol–water partition coefficient (Wildman–Crippen LogP) is 3.23. The molecule has 0 amide bonds. The molecule has 0 atom stereocenters. The summed E-state index contributed by atoms with van der Waals surface area (Å²) < 4.78 is 0. The van der Waals surface area contributed by atoms with Crippen molar-refractivity contribution in [3.05, 3.63) is 0 Å². The second-order valence-corrected chi connectivity index (χ2v) is 23.4. The maximum absolute atomic E-state index is 6.07. The molecular formula is C6H15ClSiZn. The minimum atomic E-state index is -0.738. The fraction of sp³-hybridized carbons (Fsp3) is 1.00. The van der Waals surface area contributed by atoms with Crippen LogP contribution in [-0.4, -0.2) is 6.30 Å². The first-order chi connectivity index (χ1) is 4.24. The van der Waals surface area contributed by atoms with E-state index in [2.05, 4.69) is 20.8 Å². The van der Waals surface area contributed by atoms with Gasteiger partial charge in [-0.15, -0.1) is 0 Å². The van der Waals surface area contributed by atoms with Crippen molar-refractivity contribution in [3.8, 4) is 0 Å². The van der Waals surface area contributed by atoms with Gasteiger partial charge in [0.05, 0.1) is 0 Å². The Balaban J connectivity index is 3.82. The van der Waals surface area contributed by atoms with Gasteiger partial charge in [0.15, 0.2) is 0 Å². The van der Waals surface area contributed by atoms with Gasteiger partial charge in [-0.25, -0.2) is 0 Å². The van der Waals surface area contributed by atoms with Gasteiger partial charge < -0.3 is 0 Å². The molecule has 52 valence electrons. The average molecular weight is 216 g/mol. The Morgan fingerprint density at radius 2 is 1.44 bits per heavy atom. The van der Waals surface area contributed by atoms with Gasteiger partial charge in [0.1, 0.15) is 0 Å². The van der Waals surface area contributed by atoms with E-state index >= 15 is 0 Å². The molecule has 0 rings (SSSR count). The van der Waals surface area contributed by atoms with Crippen LogP contribution in [-0.2, 0) is 15.4 Å². The monoisotopic (exact) mass is 214 g/mol. The van der Waals surface area contributed by atoms with E-state index in [9.17, 15) is 0 Å². The number of rotatable bonds is 4. The first-order valence-electron chi connectivity index (χ1n) is 3.80. The van der Waals surface area contributed by atoms with E-state index < -0.39 is 21.7 Å². The molecule has 0 aliphatic heterocycles. The summed E-state index contributed by atoms with van der Waals surface area (Å²) in [4.78, 5) is 0. The molecule has 0 aromatic carbocycles. The molecule has 0 nitrogen and oxygen atoms in total. The maximum atomic E-state index is 6.07. The van der Waals surface area contributed by atoms with Crippen LogP contribution in [0, 0.1) is 0 Å². The molecule has 0 heterocycles. The van der Waals surface area contributed by atoms with E-state index in [1.54, 1.807) is 0 Å². The third-order valence-corrected chi connectivity index (χ3v) is 29.4. The molecule has 0 saturated carbocycles. The summed E-state index contributed by atoms with van der Waals surface area (Å²) in [6.45, 7) is 6.98. The molecule has 0 aliphatic rings. The Morgan fingerprint density at radius 1 is 1.11 bits per heavy atom. The summed E-state index contributed by atoms with van der Waals surface area (Å²) in [7, 11) is 6.07. The Labute approximate surface area is 70.3 Å². The van der Waals surface area contributed by atoms with E-state index in [1.807, 2.05) is 0 Å². The van der Waals surface area contributed by atoms with Gasteiger partial charge in [-0.05, 0) is 0 Å². The van der Waals surface area contributed by atoms with Gasteiger partial charge in [-0.2, -0.15) is 0 Å². The second kappa shape index (κ2) is 4.87. The van der Waals surface area contributed by atoms with Crippen molar-refractivity contribution in [2.45, 2.75) is 38.9 Å². The van der Waals surface area contributed by atoms with Crippen molar-refractivity contribution < 1.29 is 15.4 Å². The Hall–Kier alpha value is 1.13. The molecule has 0 saturated heterocycles. The Bertz CT molecular complexity index is 55.9. The van der Waals surface area contributed by atoms with Crippen molar-refractivity contribution in [2.75, 3.05) is 0 Å². The molecule has 0 spiro atoms. The van der Waals surface area contributed by atoms with Crippen molar-refractivity contribution in [2.24, 2.45) is 0 Å². The van der Waals surface area contributed by atoms with Crippen LogP contribution in [0.4, 0.5) is 0 Å². The summed E-state index contributed by atoms with van der Waals surface area (Å²) in [5.41, 5.74) is 0. The van der Waals surface area contributed by atoms with Crippen LogP contribution < -0.4 is 0 Å². The van der Waals surface area contributed by atoms with Crippen LogP contribution in [0.5, 0.6) is 0 Å². The molecule has 3 heteroatoms. The van der Waals surface area contributed by atoms with E-state index in [1.165, 1.54) is 18.1 Å². The van der Waals surface area contributed by atoms with Gasteiger partial charge in [-0.3, -0.25) is 0 Å². The van der Waals surface area contributed by atoms with E-state index in [0.717, 1.165) is 0 Å². The number of hydrogen-bond acceptors (Lipinski definition) is 0. The van der Waals surface area contributed by atoms with Gasteiger partial charge in [0, 0.05) is 0 Å². The van der Waals surface area contributed by atoms with Crippen molar-refractivity contribution in [1.82, 2.24) is 0 Å². The quantitative estimate of drug-likeness (QED) is 0.633. The van der Waals surface area contributed by atoms with Gasteiger partial charge in [0.25, 0.3) is 0 Å². The van der Waals surface area contributed by atoms with Crippen LogP contribution in [0.25, 0.3) is 0 Å². The normalized spacial score (nSPS) is 11.1. The minimum absolute atomic E-state index is 0.561. The topological polar surface area (TPSA) is 0 Å². The molecule has 0 N–H and O–H groups in total. The van der Waals surface area contributed by atoms with Crippen LogP contribution in [0.2, 0.25) is 18.1 Å². The SMILES string of the molecule is CC[Si](CC)(CC)[Zn][Cl]. The van der Waals surface area contributed by atoms with Crippen LogP contribution >= 0.6 is 9.69 Å². The molecule has 0 aromatic rings. The number of halogens is 1. The molecule has 0 aromatic heterocycles. The van der Waals surface area contributed by atoms with Crippen molar-refractivity contribution in [3.63, 3.8) is 0 Å².